The zero-order valence-corrected chi connectivity index (χ0v) is 15.2. The third-order valence-corrected chi connectivity index (χ3v) is 4.43. The van der Waals surface area contributed by atoms with Crippen LogP contribution < -0.4 is 11.1 Å². The second-order valence-corrected chi connectivity index (χ2v) is 6.29. The molecule has 4 nitrogen and oxygen atoms in total. The van der Waals surface area contributed by atoms with Crippen LogP contribution in [-0.2, 0) is 24.3 Å². The Bertz CT molecular complexity index is 636. The average molecular weight is 339 g/mol. The van der Waals surface area contributed by atoms with Gasteiger partial charge in [-0.25, -0.2) is 0 Å². The van der Waals surface area contributed by atoms with Gasteiger partial charge in [0.2, 0.25) is 5.91 Å². The number of nitrogens with one attached hydrogen (secondary N) is 1. The zero-order valence-electron chi connectivity index (χ0n) is 15.2. The summed E-state index contributed by atoms with van der Waals surface area (Å²) in [6.07, 6.45) is 0.551. The monoisotopic (exact) mass is 339 g/mol. The predicted octanol–water partition coefficient (Wildman–Crippen LogP) is 2.71. The fourth-order valence-electron chi connectivity index (χ4n) is 2.75. The maximum absolute atomic E-state index is 12.2. The Hall–Kier alpha value is -2.17. The van der Waals surface area contributed by atoms with E-state index in [4.69, 9.17) is 5.73 Å². The molecule has 0 fully saturated rings. The predicted molar refractivity (Wildman–Crippen MR) is 103 cm³/mol. The van der Waals surface area contributed by atoms with E-state index < -0.39 is 6.04 Å². The normalized spacial score (nSPS) is 12.2. The molecule has 0 radical (unpaired) electrons. The molecule has 0 heterocycles. The first kappa shape index (κ1) is 19.2. The number of hydrogen-bond acceptors (Lipinski definition) is 3. The van der Waals surface area contributed by atoms with E-state index in [0.717, 1.165) is 30.8 Å². The van der Waals surface area contributed by atoms with Crippen LogP contribution in [0.2, 0.25) is 0 Å². The molecule has 2 aromatic rings. The molecule has 134 valence electrons. The van der Waals surface area contributed by atoms with E-state index in [1.807, 2.05) is 30.3 Å². The van der Waals surface area contributed by atoms with Crippen LogP contribution in [0.25, 0.3) is 0 Å². The van der Waals surface area contributed by atoms with E-state index in [0.29, 0.717) is 13.0 Å². The Morgan fingerprint density at radius 2 is 1.56 bits per heavy atom. The summed E-state index contributed by atoms with van der Waals surface area (Å²) in [5.74, 6) is -0.115. The number of nitrogens with two attached hydrogens (primary N) is 1. The Morgan fingerprint density at radius 1 is 0.960 bits per heavy atom. The van der Waals surface area contributed by atoms with Gasteiger partial charge in [0.1, 0.15) is 0 Å². The Balaban J connectivity index is 1.81. The molecule has 0 aliphatic rings. The van der Waals surface area contributed by atoms with E-state index in [2.05, 4.69) is 48.3 Å². The van der Waals surface area contributed by atoms with Gasteiger partial charge in [0.25, 0.3) is 0 Å². The first-order valence-corrected chi connectivity index (χ1v) is 8.99. The fourth-order valence-corrected chi connectivity index (χ4v) is 2.75. The van der Waals surface area contributed by atoms with Crippen molar-refractivity contribution < 1.29 is 4.79 Å². The molecular formula is C21H29N3O. The van der Waals surface area contributed by atoms with Crippen LogP contribution in [0.15, 0.2) is 54.6 Å². The highest BCUT2D eigenvalue weighted by Crippen LogP contribution is 2.08. The van der Waals surface area contributed by atoms with Crippen molar-refractivity contribution >= 4 is 5.91 Å². The van der Waals surface area contributed by atoms with Gasteiger partial charge >= 0.3 is 0 Å². The third kappa shape index (κ3) is 6.33. The zero-order chi connectivity index (χ0) is 18.1. The van der Waals surface area contributed by atoms with Gasteiger partial charge in [0, 0.05) is 13.1 Å². The lowest BCUT2D eigenvalue weighted by Gasteiger charge is -2.18. The van der Waals surface area contributed by atoms with E-state index in [1.54, 1.807) is 0 Å². The van der Waals surface area contributed by atoms with Crippen LogP contribution in [0.5, 0.6) is 0 Å². The standard InChI is InChI=1S/C21H29N3O/c1-3-24(4-2)16-19-12-10-18(11-13-19)15-23-21(25)20(22)14-17-8-6-5-7-9-17/h5-13,20H,3-4,14-16,22H2,1-2H3,(H,23,25)/t20-/m0/s1. The summed E-state index contributed by atoms with van der Waals surface area (Å²) < 4.78 is 0. The quantitative estimate of drug-likeness (QED) is 0.738. The maximum Gasteiger partial charge on any atom is 0.237 e. The lowest BCUT2D eigenvalue weighted by molar-refractivity contribution is -0.122. The van der Waals surface area contributed by atoms with Crippen LogP contribution in [0.3, 0.4) is 0 Å². The Morgan fingerprint density at radius 3 is 2.16 bits per heavy atom. The molecule has 3 N–H and O–H groups in total. The SMILES string of the molecule is CCN(CC)Cc1ccc(CNC(=O)[C@@H](N)Cc2ccccc2)cc1. The van der Waals surface area contributed by atoms with E-state index in [-0.39, 0.29) is 5.91 Å². The Labute approximate surface area is 151 Å². The van der Waals surface area contributed by atoms with E-state index in [9.17, 15) is 4.79 Å². The number of benzene rings is 2. The summed E-state index contributed by atoms with van der Waals surface area (Å²) in [4.78, 5) is 14.5. The topological polar surface area (TPSA) is 58.4 Å². The fraction of sp³-hybridized carbons (Fsp3) is 0.381. The summed E-state index contributed by atoms with van der Waals surface area (Å²) >= 11 is 0. The maximum atomic E-state index is 12.2. The average Bonchev–Trinajstić information content (AvgIpc) is 2.65. The minimum absolute atomic E-state index is 0.115. The molecule has 0 unspecified atom stereocenters. The molecule has 4 heteroatoms. The van der Waals surface area contributed by atoms with E-state index in [1.165, 1.54) is 5.56 Å². The van der Waals surface area contributed by atoms with Crippen LogP contribution in [0, 0.1) is 0 Å². The molecule has 25 heavy (non-hydrogen) atoms. The van der Waals surface area contributed by atoms with Gasteiger partial charge in [-0.3, -0.25) is 9.69 Å². The summed E-state index contributed by atoms with van der Waals surface area (Å²) in [6, 6.07) is 17.7. The van der Waals surface area contributed by atoms with Crippen molar-refractivity contribution in [2.45, 2.75) is 39.4 Å². The second kappa shape index (κ2) is 9.97. The molecule has 0 aromatic heterocycles. The minimum atomic E-state index is -0.524. The van der Waals surface area contributed by atoms with Crippen molar-refractivity contribution in [3.8, 4) is 0 Å². The summed E-state index contributed by atoms with van der Waals surface area (Å²) in [5.41, 5.74) is 9.46. The lowest BCUT2D eigenvalue weighted by Crippen LogP contribution is -2.41. The molecule has 1 amide bonds. The van der Waals surface area contributed by atoms with Gasteiger partial charge in [0.05, 0.1) is 6.04 Å². The smallest absolute Gasteiger partial charge is 0.237 e. The van der Waals surface area contributed by atoms with Crippen LogP contribution in [0.4, 0.5) is 0 Å². The molecule has 1 atom stereocenters. The molecule has 0 aliphatic carbocycles. The largest absolute Gasteiger partial charge is 0.351 e. The van der Waals surface area contributed by atoms with Crippen molar-refractivity contribution in [3.63, 3.8) is 0 Å². The molecule has 0 spiro atoms. The third-order valence-electron chi connectivity index (χ3n) is 4.43. The number of rotatable bonds is 9. The molecule has 0 aliphatic heterocycles. The number of amides is 1. The minimum Gasteiger partial charge on any atom is -0.351 e. The molecule has 0 saturated heterocycles. The van der Waals surface area contributed by atoms with Crippen molar-refractivity contribution in [3.05, 3.63) is 71.3 Å². The van der Waals surface area contributed by atoms with Crippen LogP contribution >= 0.6 is 0 Å². The first-order valence-electron chi connectivity index (χ1n) is 8.99. The van der Waals surface area contributed by atoms with Gasteiger partial charge in [-0.2, -0.15) is 0 Å². The number of carbonyl (C=O) groups is 1. The molecular weight excluding hydrogens is 310 g/mol. The van der Waals surface area contributed by atoms with Crippen LogP contribution in [-0.4, -0.2) is 29.9 Å². The Kier molecular flexibility index (Phi) is 7.64. The number of carbonyl (C=O) groups excluding carboxylic acids is 1. The van der Waals surface area contributed by atoms with Gasteiger partial charge in [-0.1, -0.05) is 68.4 Å². The van der Waals surface area contributed by atoms with Gasteiger partial charge in [-0.05, 0) is 36.2 Å². The van der Waals surface area contributed by atoms with Crippen molar-refractivity contribution in [2.24, 2.45) is 5.73 Å². The summed E-state index contributed by atoms with van der Waals surface area (Å²) in [5, 5.41) is 2.93. The highest BCUT2D eigenvalue weighted by molar-refractivity contribution is 5.81. The first-order chi connectivity index (χ1) is 12.1. The van der Waals surface area contributed by atoms with Crippen molar-refractivity contribution in [1.29, 1.82) is 0 Å². The summed E-state index contributed by atoms with van der Waals surface area (Å²) in [7, 11) is 0. The van der Waals surface area contributed by atoms with Gasteiger partial charge < -0.3 is 11.1 Å². The van der Waals surface area contributed by atoms with Crippen molar-refractivity contribution in [2.75, 3.05) is 13.1 Å². The van der Waals surface area contributed by atoms with Crippen molar-refractivity contribution in [1.82, 2.24) is 10.2 Å². The van der Waals surface area contributed by atoms with E-state index >= 15 is 0 Å². The second-order valence-electron chi connectivity index (χ2n) is 6.29. The van der Waals surface area contributed by atoms with Gasteiger partial charge in [-0.15, -0.1) is 0 Å². The molecule has 0 saturated carbocycles. The molecule has 0 bridgehead atoms. The highest BCUT2D eigenvalue weighted by Gasteiger charge is 2.13. The van der Waals surface area contributed by atoms with Crippen LogP contribution in [0.1, 0.15) is 30.5 Å². The highest BCUT2D eigenvalue weighted by atomic mass is 16.2. The number of hydrogen-bond donors (Lipinski definition) is 2. The lowest BCUT2D eigenvalue weighted by atomic mass is 10.1. The number of nitrogens with zero attached hydrogens (tertiary/aromatic N) is 1. The van der Waals surface area contributed by atoms with Gasteiger partial charge in [0.15, 0.2) is 0 Å². The molecule has 2 aromatic carbocycles. The molecule has 2 rings (SSSR count). The summed E-state index contributed by atoms with van der Waals surface area (Å²) in [6.45, 7) is 7.91.